The molecule has 8 heteroatoms. The minimum atomic E-state index is -0.827. The molecule has 2 amide bonds. The van der Waals surface area contributed by atoms with E-state index < -0.39 is 18.1 Å². The molecule has 0 spiro atoms. The predicted molar refractivity (Wildman–Crippen MR) is 113 cm³/mol. The van der Waals surface area contributed by atoms with Crippen LogP contribution >= 0.6 is 0 Å². The van der Waals surface area contributed by atoms with Gasteiger partial charge in [0.25, 0.3) is 11.8 Å². The van der Waals surface area contributed by atoms with E-state index in [9.17, 15) is 19.8 Å². The molecule has 0 saturated carbocycles. The van der Waals surface area contributed by atoms with Crippen molar-refractivity contribution < 1.29 is 25.0 Å². The molecule has 0 saturated heterocycles. The highest BCUT2D eigenvalue weighted by Gasteiger charge is 2.30. The number of fused-ring (bicyclic) bond motifs is 2. The monoisotopic (exact) mass is 423 g/mol. The van der Waals surface area contributed by atoms with Crippen molar-refractivity contribution in [1.82, 2.24) is 14.9 Å². The van der Waals surface area contributed by atoms with Crippen LogP contribution in [0.15, 0.2) is 36.4 Å². The van der Waals surface area contributed by atoms with E-state index in [1.54, 1.807) is 30.3 Å². The fourth-order valence-corrected chi connectivity index (χ4v) is 4.25. The average molecular weight is 423 g/mol. The van der Waals surface area contributed by atoms with Crippen molar-refractivity contribution in [3.63, 3.8) is 0 Å². The summed E-state index contributed by atoms with van der Waals surface area (Å²) in [5.74, 6) is -0.838. The van der Waals surface area contributed by atoms with Crippen LogP contribution in [0.5, 0.6) is 0 Å². The zero-order chi connectivity index (χ0) is 22.4. The number of aliphatic hydroxyl groups is 2. The highest BCUT2D eigenvalue weighted by Crippen LogP contribution is 2.33. The summed E-state index contributed by atoms with van der Waals surface area (Å²) in [6.07, 6.45) is -1.42. The van der Waals surface area contributed by atoms with Crippen molar-refractivity contribution in [1.29, 1.82) is 0 Å². The second-order valence-corrected chi connectivity index (χ2v) is 8.06. The van der Waals surface area contributed by atoms with Crippen molar-refractivity contribution >= 4 is 22.7 Å². The third-order valence-corrected chi connectivity index (χ3v) is 5.96. The first-order valence-electron chi connectivity index (χ1n) is 10.1. The Kier molecular flexibility index (Phi) is 5.30. The number of amides is 2. The lowest BCUT2D eigenvalue weighted by atomic mass is 9.96. The lowest BCUT2D eigenvalue weighted by Crippen LogP contribution is -2.27. The molecule has 0 fully saturated rings. The topological polar surface area (TPSA) is 115 Å². The summed E-state index contributed by atoms with van der Waals surface area (Å²) in [5.41, 5.74) is 6.15. The van der Waals surface area contributed by atoms with E-state index >= 15 is 0 Å². The first-order chi connectivity index (χ1) is 14.7. The lowest BCUT2D eigenvalue weighted by molar-refractivity contribution is 0.0705. The number of hydroxylamine groups is 1. The van der Waals surface area contributed by atoms with Crippen molar-refractivity contribution in [2.24, 2.45) is 7.05 Å². The Bertz CT molecular complexity index is 1200. The van der Waals surface area contributed by atoms with Crippen molar-refractivity contribution in [2.45, 2.75) is 39.1 Å². The van der Waals surface area contributed by atoms with Gasteiger partial charge >= 0.3 is 0 Å². The molecule has 3 aromatic rings. The number of aromatic nitrogens is 1. The van der Waals surface area contributed by atoms with Gasteiger partial charge in [0.1, 0.15) is 5.69 Å². The van der Waals surface area contributed by atoms with E-state index in [1.165, 1.54) is 6.07 Å². The molecule has 1 aliphatic rings. The quantitative estimate of drug-likeness (QED) is 0.380. The van der Waals surface area contributed by atoms with Gasteiger partial charge in [0, 0.05) is 36.6 Å². The molecule has 1 aliphatic heterocycles. The van der Waals surface area contributed by atoms with E-state index in [1.807, 2.05) is 35.9 Å². The van der Waals surface area contributed by atoms with Crippen LogP contribution in [-0.4, -0.2) is 36.7 Å². The maximum atomic E-state index is 13.4. The van der Waals surface area contributed by atoms with Gasteiger partial charge < -0.3 is 19.7 Å². The number of aryl methyl sites for hydroxylation is 1. The minimum absolute atomic E-state index is 0.168. The highest BCUT2D eigenvalue weighted by atomic mass is 16.5. The van der Waals surface area contributed by atoms with E-state index in [0.29, 0.717) is 24.3 Å². The molecule has 162 valence electrons. The Labute approximate surface area is 179 Å². The molecule has 2 unspecified atom stereocenters. The van der Waals surface area contributed by atoms with Gasteiger partial charge in [0.2, 0.25) is 0 Å². The Morgan fingerprint density at radius 2 is 1.77 bits per heavy atom. The summed E-state index contributed by atoms with van der Waals surface area (Å²) in [6.45, 7) is 3.91. The number of carbonyl (C=O) groups excluding carboxylic acids is 2. The number of hydrogen-bond acceptors (Lipinski definition) is 5. The van der Waals surface area contributed by atoms with Crippen LogP contribution in [-0.2, 0) is 20.1 Å². The molecular weight excluding hydrogens is 398 g/mol. The van der Waals surface area contributed by atoms with Crippen LogP contribution in [0.4, 0.5) is 0 Å². The SMILES string of the molecule is CC(O)c1ccc2c(c1)cc(C(=O)N1Cc3cc(C(=O)NO)cc(C(C)O)c3C1)n2C. The number of rotatable bonds is 4. The van der Waals surface area contributed by atoms with E-state index in [-0.39, 0.29) is 11.5 Å². The minimum Gasteiger partial charge on any atom is -0.389 e. The number of carbonyl (C=O) groups is 2. The number of aliphatic hydroxyl groups excluding tert-OH is 2. The van der Waals surface area contributed by atoms with Crippen LogP contribution in [0, 0.1) is 0 Å². The maximum Gasteiger partial charge on any atom is 0.274 e. The predicted octanol–water partition coefficient (Wildman–Crippen LogP) is 2.56. The molecule has 0 bridgehead atoms. The summed E-state index contributed by atoms with van der Waals surface area (Å²) in [5, 5.41) is 29.9. The first-order valence-corrected chi connectivity index (χ1v) is 10.1. The molecule has 2 heterocycles. The summed E-state index contributed by atoms with van der Waals surface area (Å²) in [7, 11) is 1.83. The fourth-order valence-electron chi connectivity index (χ4n) is 4.25. The molecule has 0 radical (unpaired) electrons. The van der Waals surface area contributed by atoms with E-state index in [4.69, 9.17) is 5.21 Å². The van der Waals surface area contributed by atoms with Crippen LogP contribution < -0.4 is 5.48 Å². The van der Waals surface area contributed by atoms with Gasteiger partial charge in [-0.1, -0.05) is 6.07 Å². The van der Waals surface area contributed by atoms with Gasteiger partial charge in [-0.2, -0.15) is 0 Å². The molecule has 4 N–H and O–H groups in total. The zero-order valence-electron chi connectivity index (χ0n) is 17.6. The van der Waals surface area contributed by atoms with Gasteiger partial charge in [0.15, 0.2) is 0 Å². The number of benzene rings is 2. The molecule has 0 aliphatic carbocycles. The second kappa shape index (κ2) is 7.81. The Morgan fingerprint density at radius 1 is 1.03 bits per heavy atom. The number of nitrogens with one attached hydrogen (secondary N) is 1. The Balaban J connectivity index is 1.69. The van der Waals surface area contributed by atoms with Crippen LogP contribution in [0.2, 0.25) is 0 Å². The smallest absolute Gasteiger partial charge is 0.274 e. The van der Waals surface area contributed by atoms with Crippen LogP contribution in [0.1, 0.15) is 69.2 Å². The van der Waals surface area contributed by atoms with Gasteiger partial charge in [-0.3, -0.25) is 14.8 Å². The summed E-state index contributed by atoms with van der Waals surface area (Å²) in [4.78, 5) is 26.9. The van der Waals surface area contributed by atoms with Crippen molar-refractivity contribution in [2.75, 3.05) is 0 Å². The molecule has 1 aromatic heterocycles. The maximum absolute atomic E-state index is 13.4. The lowest BCUT2D eigenvalue weighted by Gasteiger charge is -2.16. The Hall–Kier alpha value is -3.20. The standard InChI is InChI=1S/C23H25N3O5/c1-12(27)14-4-5-20-15(6-14)9-21(25(20)3)23(30)26-10-17-7-16(22(29)24-31)8-18(13(2)28)19(17)11-26/h4-9,12-13,27-28,31H,10-11H2,1-3H3,(H,24,29). The third kappa shape index (κ3) is 3.59. The normalized spacial score (nSPS) is 15.1. The molecule has 31 heavy (non-hydrogen) atoms. The van der Waals surface area contributed by atoms with Crippen LogP contribution in [0.3, 0.4) is 0 Å². The van der Waals surface area contributed by atoms with Gasteiger partial charge in [0.05, 0.1) is 12.2 Å². The van der Waals surface area contributed by atoms with Gasteiger partial charge in [-0.15, -0.1) is 0 Å². The van der Waals surface area contributed by atoms with E-state index in [2.05, 4.69) is 0 Å². The van der Waals surface area contributed by atoms with Crippen molar-refractivity contribution in [3.8, 4) is 0 Å². The third-order valence-electron chi connectivity index (χ3n) is 5.96. The largest absolute Gasteiger partial charge is 0.389 e. The molecule has 2 atom stereocenters. The summed E-state index contributed by atoms with van der Waals surface area (Å²) >= 11 is 0. The number of nitrogens with zero attached hydrogens (tertiary/aromatic N) is 2. The summed E-state index contributed by atoms with van der Waals surface area (Å²) < 4.78 is 1.83. The fraction of sp³-hybridized carbons (Fsp3) is 0.304. The van der Waals surface area contributed by atoms with Gasteiger partial charge in [-0.05, 0) is 66.4 Å². The second-order valence-electron chi connectivity index (χ2n) is 8.06. The average Bonchev–Trinajstić information content (AvgIpc) is 3.32. The molecule has 4 rings (SSSR count). The Morgan fingerprint density at radius 3 is 2.42 bits per heavy atom. The zero-order valence-corrected chi connectivity index (χ0v) is 17.6. The van der Waals surface area contributed by atoms with Crippen molar-refractivity contribution in [3.05, 3.63) is 69.9 Å². The van der Waals surface area contributed by atoms with Gasteiger partial charge in [-0.25, -0.2) is 5.48 Å². The highest BCUT2D eigenvalue weighted by molar-refractivity contribution is 5.99. The molecular formula is C23H25N3O5. The van der Waals surface area contributed by atoms with E-state index in [0.717, 1.165) is 27.6 Å². The molecule has 2 aromatic carbocycles. The number of hydrogen-bond donors (Lipinski definition) is 4. The first kappa shape index (κ1) is 21.0. The molecule has 8 nitrogen and oxygen atoms in total. The summed E-state index contributed by atoms with van der Waals surface area (Å²) in [6, 6.07) is 10.6. The van der Waals surface area contributed by atoms with Crippen LogP contribution in [0.25, 0.3) is 10.9 Å².